The lowest BCUT2D eigenvalue weighted by atomic mass is 9.68. The molecule has 0 bridgehead atoms. The molecule has 0 aliphatic heterocycles. The Morgan fingerprint density at radius 1 is 1.00 bits per heavy atom. The SMILES string of the molecule is [B]CCCC1CCC1CCCCF. The highest BCUT2D eigenvalue weighted by Crippen LogP contribution is 2.40. The van der Waals surface area contributed by atoms with Crippen LogP contribution in [0.1, 0.15) is 44.9 Å². The van der Waals surface area contributed by atoms with Gasteiger partial charge in [0.1, 0.15) is 0 Å². The summed E-state index contributed by atoms with van der Waals surface area (Å²) in [5.74, 6) is 1.82. The normalized spacial score (nSPS) is 27.2. The highest BCUT2D eigenvalue weighted by Gasteiger charge is 2.28. The van der Waals surface area contributed by atoms with E-state index in [1.165, 1.54) is 32.1 Å². The van der Waals surface area contributed by atoms with Crippen molar-refractivity contribution in [3.05, 3.63) is 0 Å². The number of hydrogen-bond acceptors (Lipinski definition) is 0. The third-order valence-electron chi connectivity index (χ3n) is 3.31. The summed E-state index contributed by atoms with van der Waals surface area (Å²) in [5, 5.41) is 0. The van der Waals surface area contributed by atoms with Gasteiger partial charge in [-0.1, -0.05) is 32.0 Å². The van der Waals surface area contributed by atoms with Gasteiger partial charge in [-0.2, -0.15) is 0 Å². The summed E-state index contributed by atoms with van der Waals surface area (Å²) in [6.45, 7) is -0.139. The molecule has 1 fully saturated rings. The summed E-state index contributed by atoms with van der Waals surface area (Å²) in [5.41, 5.74) is 0. The maximum absolute atomic E-state index is 11.8. The molecule has 0 spiro atoms. The highest BCUT2D eigenvalue weighted by molar-refractivity contribution is 6.08. The summed E-state index contributed by atoms with van der Waals surface area (Å²) in [6.07, 6.45) is 9.16. The maximum Gasteiger partial charge on any atom is 0.0894 e. The van der Waals surface area contributed by atoms with Crippen LogP contribution in [-0.2, 0) is 0 Å². The smallest absolute Gasteiger partial charge is 0.0894 e. The van der Waals surface area contributed by atoms with Crippen LogP contribution in [0.2, 0.25) is 6.32 Å². The Morgan fingerprint density at radius 3 is 2.08 bits per heavy atom. The van der Waals surface area contributed by atoms with Gasteiger partial charge < -0.3 is 0 Å². The fraction of sp³-hybridized carbons (Fsp3) is 1.00. The van der Waals surface area contributed by atoms with Gasteiger partial charge in [0.25, 0.3) is 0 Å². The summed E-state index contributed by atoms with van der Waals surface area (Å²) in [6, 6.07) is 0. The van der Waals surface area contributed by atoms with Crippen LogP contribution < -0.4 is 0 Å². The lowest BCUT2D eigenvalue weighted by Gasteiger charge is -2.37. The molecule has 2 heteroatoms. The minimum absolute atomic E-state index is 0.139. The molecule has 13 heavy (non-hydrogen) atoms. The van der Waals surface area contributed by atoms with Gasteiger partial charge in [0.05, 0.1) is 14.5 Å². The number of alkyl halides is 1. The first-order valence-electron chi connectivity index (χ1n) is 5.64. The molecule has 2 radical (unpaired) electrons. The van der Waals surface area contributed by atoms with Crippen LogP contribution in [0.3, 0.4) is 0 Å². The van der Waals surface area contributed by atoms with E-state index in [2.05, 4.69) is 0 Å². The fourth-order valence-corrected chi connectivity index (χ4v) is 2.28. The van der Waals surface area contributed by atoms with Gasteiger partial charge >= 0.3 is 0 Å². The molecule has 0 heterocycles. The standard InChI is InChI=1S/C11H20BF/c12-8-3-5-11-7-6-10(11)4-1-2-9-13/h10-11H,1-9H2. The predicted octanol–water partition coefficient (Wildman–Crippen LogP) is 3.52. The van der Waals surface area contributed by atoms with E-state index in [0.717, 1.165) is 31.0 Å². The Labute approximate surface area is 82.7 Å². The largest absolute Gasteiger partial charge is 0.251 e. The van der Waals surface area contributed by atoms with E-state index in [1.807, 2.05) is 0 Å². The van der Waals surface area contributed by atoms with Crippen molar-refractivity contribution < 1.29 is 4.39 Å². The first kappa shape index (κ1) is 11.1. The van der Waals surface area contributed by atoms with Gasteiger partial charge in [0.2, 0.25) is 0 Å². The second-order valence-electron chi connectivity index (χ2n) is 4.21. The van der Waals surface area contributed by atoms with Crippen molar-refractivity contribution in [2.24, 2.45) is 11.8 Å². The van der Waals surface area contributed by atoms with Crippen LogP contribution in [0.25, 0.3) is 0 Å². The van der Waals surface area contributed by atoms with E-state index in [0.29, 0.717) is 0 Å². The molecule has 0 N–H and O–H groups in total. The molecule has 74 valence electrons. The minimum atomic E-state index is -0.139. The van der Waals surface area contributed by atoms with E-state index in [1.54, 1.807) is 0 Å². The van der Waals surface area contributed by atoms with Gasteiger partial charge in [-0.05, 0) is 31.1 Å². The van der Waals surface area contributed by atoms with Crippen molar-refractivity contribution in [2.75, 3.05) is 6.67 Å². The second kappa shape index (κ2) is 6.45. The average Bonchev–Trinajstić information content (AvgIpc) is 2.11. The third kappa shape index (κ3) is 3.70. The average molecular weight is 182 g/mol. The Bertz CT molecular complexity index is 127. The van der Waals surface area contributed by atoms with Gasteiger partial charge in [-0.15, -0.1) is 0 Å². The molecule has 1 saturated carbocycles. The quantitative estimate of drug-likeness (QED) is 0.417. The molecule has 1 aliphatic carbocycles. The van der Waals surface area contributed by atoms with Crippen LogP contribution >= 0.6 is 0 Å². The van der Waals surface area contributed by atoms with E-state index in [-0.39, 0.29) is 6.67 Å². The van der Waals surface area contributed by atoms with Crippen LogP contribution in [-0.4, -0.2) is 14.5 Å². The Morgan fingerprint density at radius 2 is 1.62 bits per heavy atom. The van der Waals surface area contributed by atoms with Gasteiger partial charge in [-0.25, -0.2) is 0 Å². The molecule has 0 aromatic carbocycles. The van der Waals surface area contributed by atoms with E-state index < -0.39 is 0 Å². The number of hydrogen-bond donors (Lipinski definition) is 0. The van der Waals surface area contributed by atoms with Crippen molar-refractivity contribution in [1.82, 2.24) is 0 Å². The first-order chi connectivity index (χ1) is 6.38. The zero-order valence-electron chi connectivity index (χ0n) is 8.47. The molecule has 0 saturated heterocycles. The summed E-state index contributed by atoms with van der Waals surface area (Å²) < 4.78 is 11.8. The number of halogens is 1. The molecule has 2 atom stereocenters. The summed E-state index contributed by atoms with van der Waals surface area (Å²) in [7, 11) is 5.47. The molecule has 2 unspecified atom stereocenters. The van der Waals surface area contributed by atoms with Crippen LogP contribution in [0.5, 0.6) is 0 Å². The molecule has 0 aromatic heterocycles. The fourth-order valence-electron chi connectivity index (χ4n) is 2.28. The highest BCUT2D eigenvalue weighted by atomic mass is 19.1. The molecule has 0 aromatic rings. The molecule has 1 aliphatic rings. The molecule has 0 amide bonds. The van der Waals surface area contributed by atoms with E-state index >= 15 is 0 Å². The van der Waals surface area contributed by atoms with Crippen LogP contribution in [0.4, 0.5) is 4.39 Å². The minimum Gasteiger partial charge on any atom is -0.251 e. The zero-order chi connectivity index (χ0) is 9.52. The van der Waals surface area contributed by atoms with Crippen molar-refractivity contribution in [3.63, 3.8) is 0 Å². The number of rotatable bonds is 7. The van der Waals surface area contributed by atoms with Crippen molar-refractivity contribution in [2.45, 2.75) is 51.3 Å². The predicted molar refractivity (Wildman–Crippen MR) is 55.8 cm³/mol. The van der Waals surface area contributed by atoms with Crippen molar-refractivity contribution >= 4 is 7.85 Å². The van der Waals surface area contributed by atoms with Gasteiger partial charge in [0, 0.05) is 0 Å². The summed E-state index contributed by atoms with van der Waals surface area (Å²) >= 11 is 0. The third-order valence-corrected chi connectivity index (χ3v) is 3.31. The monoisotopic (exact) mass is 182 g/mol. The van der Waals surface area contributed by atoms with Crippen molar-refractivity contribution in [3.8, 4) is 0 Å². The topological polar surface area (TPSA) is 0 Å². The first-order valence-corrected chi connectivity index (χ1v) is 5.64. The van der Waals surface area contributed by atoms with Crippen LogP contribution in [0, 0.1) is 11.8 Å². The van der Waals surface area contributed by atoms with Crippen molar-refractivity contribution in [1.29, 1.82) is 0 Å². The lowest BCUT2D eigenvalue weighted by Crippen LogP contribution is -2.25. The summed E-state index contributed by atoms with van der Waals surface area (Å²) in [4.78, 5) is 0. The Balaban J connectivity index is 1.99. The lowest BCUT2D eigenvalue weighted by molar-refractivity contribution is 0.147. The molecule has 1 rings (SSSR count). The zero-order valence-corrected chi connectivity index (χ0v) is 8.47. The molecular weight excluding hydrogens is 162 g/mol. The number of unbranched alkanes of at least 4 members (excludes halogenated alkanes) is 1. The van der Waals surface area contributed by atoms with E-state index in [9.17, 15) is 4.39 Å². The molecule has 0 nitrogen and oxygen atoms in total. The Hall–Kier alpha value is -0.00506. The maximum atomic E-state index is 11.8. The van der Waals surface area contributed by atoms with Crippen LogP contribution in [0.15, 0.2) is 0 Å². The molecular formula is C11H20BF. The van der Waals surface area contributed by atoms with Gasteiger partial charge in [-0.3, -0.25) is 4.39 Å². The van der Waals surface area contributed by atoms with Gasteiger partial charge in [0.15, 0.2) is 0 Å². The second-order valence-corrected chi connectivity index (χ2v) is 4.21. The van der Waals surface area contributed by atoms with E-state index in [4.69, 9.17) is 7.85 Å². The Kier molecular flexibility index (Phi) is 5.49.